The molecule has 19 heavy (non-hydrogen) atoms. The fraction of sp³-hybridized carbons (Fsp3) is 0.231. The van der Waals surface area contributed by atoms with Crippen molar-refractivity contribution in [3.05, 3.63) is 42.5 Å². The van der Waals surface area contributed by atoms with E-state index in [1.54, 1.807) is 18.2 Å². The highest BCUT2D eigenvalue weighted by Crippen LogP contribution is 2.11. The van der Waals surface area contributed by atoms with E-state index in [1.807, 2.05) is 31.1 Å². The van der Waals surface area contributed by atoms with Gasteiger partial charge in [-0.15, -0.1) is 6.58 Å². The summed E-state index contributed by atoms with van der Waals surface area (Å²) in [7, 11) is 3.89. The molecular weight excluding hydrogens is 260 g/mol. The highest BCUT2D eigenvalue weighted by molar-refractivity contribution is 7.80. The van der Waals surface area contributed by atoms with Crippen molar-refractivity contribution in [1.82, 2.24) is 16.2 Å². The topological polar surface area (TPSA) is 56.4 Å². The summed E-state index contributed by atoms with van der Waals surface area (Å²) in [6.07, 6.45) is 1.68. The normalized spacial score (nSPS) is 9.37. The van der Waals surface area contributed by atoms with Gasteiger partial charge in [-0.2, -0.15) is 0 Å². The Bertz CT molecular complexity index is 456. The molecule has 1 aromatic rings. The number of hydrogen-bond acceptors (Lipinski definition) is 3. The molecule has 0 spiro atoms. The molecular formula is C13H18N4OS. The maximum absolute atomic E-state index is 11.8. The van der Waals surface area contributed by atoms with E-state index in [-0.39, 0.29) is 5.91 Å². The van der Waals surface area contributed by atoms with Gasteiger partial charge >= 0.3 is 0 Å². The summed E-state index contributed by atoms with van der Waals surface area (Å²) in [5, 5.41) is 3.19. The molecule has 3 N–H and O–H groups in total. The van der Waals surface area contributed by atoms with Crippen LogP contribution in [0.3, 0.4) is 0 Å². The number of hydrazine groups is 1. The molecule has 0 aliphatic heterocycles. The Hall–Kier alpha value is -2.08. The number of hydrogen-bond donors (Lipinski definition) is 3. The molecule has 0 saturated carbocycles. The van der Waals surface area contributed by atoms with Gasteiger partial charge in [0.15, 0.2) is 5.11 Å². The summed E-state index contributed by atoms with van der Waals surface area (Å²) >= 11 is 4.95. The first kappa shape index (κ1) is 15.0. The zero-order valence-corrected chi connectivity index (χ0v) is 11.9. The van der Waals surface area contributed by atoms with Crippen molar-refractivity contribution < 1.29 is 4.79 Å². The molecule has 0 bridgehead atoms. The lowest BCUT2D eigenvalue weighted by Gasteiger charge is -2.13. The molecule has 1 amide bonds. The Morgan fingerprint density at radius 3 is 2.47 bits per heavy atom. The van der Waals surface area contributed by atoms with Gasteiger partial charge < -0.3 is 10.2 Å². The van der Waals surface area contributed by atoms with Crippen LogP contribution in [-0.2, 0) is 0 Å². The Morgan fingerprint density at radius 1 is 1.32 bits per heavy atom. The molecule has 0 radical (unpaired) electrons. The van der Waals surface area contributed by atoms with Crippen molar-refractivity contribution in [1.29, 1.82) is 0 Å². The molecule has 0 aliphatic carbocycles. The molecule has 6 heteroatoms. The third-order valence-corrected chi connectivity index (χ3v) is 2.59. The SMILES string of the molecule is C=CCNC(=S)NNC(=O)c1ccc(N(C)C)cc1. The summed E-state index contributed by atoms with van der Waals surface area (Å²) < 4.78 is 0. The third-order valence-electron chi connectivity index (χ3n) is 2.34. The van der Waals surface area contributed by atoms with Crippen LogP contribution in [0.5, 0.6) is 0 Å². The van der Waals surface area contributed by atoms with Crippen molar-refractivity contribution in [3.63, 3.8) is 0 Å². The van der Waals surface area contributed by atoms with E-state index < -0.39 is 0 Å². The van der Waals surface area contributed by atoms with Crippen molar-refractivity contribution in [2.24, 2.45) is 0 Å². The van der Waals surface area contributed by atoms with Gasteiger partial charge in [0.05, 0.1) is 0 Å². The number of nitrogens with zero attached hydrogens (tertiary/aromatic N) is 1. The number of anilines is 1. The van der Waals surface area contributed by atoms with Crippen molar-refractivity contribution in [2.75, 3.05) is 25.5 Å². The number of rotatable bonds is 4. The van der Waals surface area contributed by atoms with Crippen molar-refractivity contribution in [2.45, 2.75) is 0 Å². The van der Waals surface area contributed by atoms with Gasteiger partial charge in [0.1, 0.15) is 0 Å². The van der Waals surface area contributed by atoms with Gasteiger partial charge in [0.25, 0.3) is 5.91 Å². The Balaban J connectivity index is 2.49. The molecule has 102 valence electrons. The molecule has 1 rings (SSSR count). The van der Waals surface area contributed by atoms with E-state index in [1.165, 1.54) is 0 Å². The zero-order chi connectivity index (χ0) is 14.3. The van der Waals surface area contributed by atoms with Gasteiger partial charge in [-0.1, -0.05) is 6.08 Å². The molecule has 0 aliphatic rings. The van der Waals surface area contributed by atoms with Crippen LogP contribution in [0.4, 0.5) is 5.69 Å². The van der Waals surface area contributed by atoms with Crippen LogP contribution in [0.15, 0.2) is 36.9 Å². The van der Waals surface area contributed by atoms with E-state index in [4.69, 9.17) is 12.2 Å². The molecule has 0 saturated heterocycles. The quantitative estimate of drug-likeness (QED) is 0.437. The van der Waals surface area contributed by atoms with E-state index in [9.17, 15) is 4.79 Å². The third kappa shape index (κ3) is 4.97. The minimum absolute atomic E-state index is 0.243. The Labute approximate surface area is 118 Å². The summed E-state index contributed by atoms with van der Waals surface area (Å²) in [5.74, 6) is -0.243. The maximum Gasteiger partial charge on any atom is 0.269 e. The highest BCUT2D eigenvalue weighted by atomic mass is 32.1. The smallest absolute Gasteiger partial charge is 0.269 e. The summed E-state index contributed by atoms with van der Waals surface area (Å²) in [4.78, 5) is 13.8. The van der Waals surface area contributed by atoms with E-state index in [0.717, 1.165) is 5.69 Å². The molecule has 0 fully saturated rings. The van der Waals surface area contributed by atoms with Crippen LogP contribution in [-0.4, -0.2) is 31.7 Å². The number of carbonyl (C=O) groups excluding carboxylic acids is 1. The van der Waals surface area contributed by atoms with Gasteiger partial charge in [-0.3, -0.25) is 15.6 Å². The molecule has 5 nitrogen and oxygen atoms in total. The van der Waals surface area contributed by atoms with Gasteiger partial charge in [0.2, 0.25) is 0 Å². The average molecular weight is 278 g/mol. The van der Waals surface area contributed by atoms with Crippen LogP contribution in [0.25, 0.3) is 0 Å². The predicted octanol–water partition coefficient (Wildman–Crippen LogP) is 1.05. The molecule has 1 aromatic carbocycles. The lowest BCUT2D eigenvalue weighted by molar-refractivity contribution is 0.0943. The first-order valence-electron chi connectivity index (χ1n) is 5.77. The molecule has 0 aromatic heterocycles. The first-order chi connectivity index (χ1) is 9.04. The second-order valence-electron chi connectivity index (χ2n) is 4.02. The van der Waals surface area contributed by atoms with Gasteiger partial charge in [-0.25, -0.2) is 0 Å². The maximum atomic E-state index is 11.8. The van der Waals surface area contributed by atoms with Crippen LogP contribution in [0.2, 0.25) is 0 Å². The van der Waals surface area contributed by atoms with E-state index >= 15 is 0 Å². The molecule has 0 unspecified atom stereocenters. The number of amides is 1. The van der Waals surface area contributed by atoms with Gasteiger partial charge in [-0.05, 0) is 36.5 Å². The number of thiocarbonyl (C=S) groups is 1. The molecule has 0 atom stereocenters. The van der Waals surface area contributed by atoms with Crippen LogP contribution in [0, 0.1) is 0 Å². The van der Waals surface area contributed by atoms with Crippen LogP contribution >= 0.6 is 12.2 Å². The summed E-state index contributed by atoms with van der Waals surface area (Å²) in [6, 6.07) is 7.27. The standard InChI is InChI=1S/C13H18N4OS/c1-4-9-14-13(19)16-15-12(18)10-5-7-11(8-6-10)17(2)3/h4-8H,1,9H2,2-3H3,(H,15,18)(H2,14,16,19). The second kappa shape index (κ2) is 7.38. The molecule has 0 heterocycles. The largest absolute Gasteiger partial charge is 0.378 e. The van der Waals surface area contributed by atoms with E-state index in [0.29, 0.717) is 17.2 Å². The van der Waals surface area contributed by atoms with Crippen LogP contribution in [0.1, 0.15) is 10.4 Å². The monoisotopic (exact) mass is 278 g/mol. The summed E-state index contributed by atoms with van der Waals surface area (Å²) in [6.45, 7) is 4.10. The average Bonchev–Trinajstić information content (AvgIpc) is 2.42. The first-order valence-corrected chi connectivity index (χ1v) is 6.18. The van der Waals surface area contributed by atoms with E-state index in [2.05, 4.69) is 22.7 Å². The fourth-order valence-corrected chi connectivity index (χ4v) is 1.44. The second-order valence-corrected chi connectivity index (χ2v) is 4.43. The highest BCUT2D eigenvalue weighted by Gasteiger charge is 2.05. The lowest BCUT2D eigenvalue weighted by Crippen LogP contribution is -2.46. The van der Waals surface area contributed by atoms with Crippen molar-refractivity contribution >= 4 is 28.9 Å². The summed E-state index contributed by atoms with van der Waals surface area (Å²) in [5.41, 5.74) is 6.73. The zero-order valence-electron chi connectivity index (χ0n) is 11.1. The van der Waals surface area contributed by atoms with Crippen LogP contribution < -0.4 is 21.1 Å². The fourth-order valence-electron chi connectivity index (χ4n) is 1.31. The number of carbonyl (C=O) groups is 1. The minimum Gasteiger partial charge on any atom is -0.378 e. The lowest BCUT2D eigenvalue weighted by atomic mass is 10.2. The van der Waals surface area contributed by atoms with Gasteiger partial charge in [0, 0.05) is 31.9 Å². The minimum atomic E-state index is -0.243. The Kier molecular flexibility index (Phi) is 5.81. The number of nitrogens with one attached hydrogen (secondary N) is 3. The Morgan fingerprint density at radius 2 is 1.95 bits per heavy atom. The van der Waals surface area contributed by atoms with Crippen molar-refractivity contribution in [3.8, 4) is 0 Å². The predicted molar refractivity (Wildman–Crippen MR) is 82.2 cm³/mol. The number of benzene rings is 1.